The highest BCUT2D eigenvalue weighted by Crippen LogP contribution is 2.04. The molecule has 2 atom stereocenters. The van der Waals surface area contributed by atoms with E-state index in [0.29, 0.717) is 0 Å². The maximum Gasteiger partial charge on any atom is 0.406 e. The molecule has 0 aromatic carbocycles. The smallest absolute Gasteiger partial charge is 0.406 e. The van der Waals surface area contributed by atoms with Crippen LogP contribution in [-0.4, -0.2) is 79.4 Å². The molecule has 1 aliphatic rings. The molecule has 12 heteroatoms. The number of carbonyl (C=O) groups is 6. The van der Waals surface area contributed by atoms with Crippen LogP contribution in [0.1, 0.15) is 20.3 Å². The van der Waals surface area contributed by atoms with Gasteiger partial charge in [-0.05, 0) is 13.8 Å². The second-order valence-corrected chi connectivity index (χ2v) is 6.11. The second-order valence-electron chi connectivity index (χ2n) is 6.11. The van der Waals surface area contributed by atoms with Gasteiger partial charge in [0.25, 0.3) is 11.8 Å². The summed E-state index contributed by atoms with van der Waals surface area (Å²) in [7, 11) is 1.40. The van der Waals surface area contributed by atoms with E-state index in [2.05, 4.69) is 21.3 Å². The molecule has 1 aliphatic heterocycles. The maximum absolute atomic E-state index is 12.1. The Morgan fingerprint density at radius 2 is 1.59 bits per heavy atom. The number of rotatable bonds is 10. The van der Waals surface area contributed by atoms with Gasteiger partial charge < -0.3 is 26.0 Å². The molecule has 4 N–H and O–H groups in total. The van der Waals surface area contributed by atoms with Gasteiger partial charge in [-0.25, -0.2) is 4.79 Å². The Morgan fingerprint density at radius 1 is 1.00 bits per heavy atom. The zero-order valence-electron chi connectivity index (χ0n) is 16.4. The average Bonchev–Trinajstić information content (AvgIpc) is 3.00. The van der Waals surface area contributed by atoms with Gasteiger partial charge in [0.05, 0.1) is 6.54 Å². The third kappa shape index (κ3) is 7.99. The average molecular weight is 411 g/mol. The Morgan fingerprint density at radius 3 is 2.17 bits per heavy atom. The lowest BCUT2D eigenvalue weighted by atomic mass is 10.2. The van der Waals surface area contributed by atoms with E-state index in [1.165, 1.54) is 20.9 Å². The van der Waals surface area contributed by atoms with Crippen molar-refractivity contribution in [3.63, 3.8) is 0 Å². The van der Waals surface area contributed by atoms with Gasteiger partial charge in [0.15, 0.2) is 0 Å². The van der Waals surface area contributed by atoms with Gasteiger partial charge >= 0.3 is 6.09 Å². The quantitative estimate of drug-likeness (QED) is 0.234. The van der Waals surface area contributed by atoms with Crippen LogP contribution in [0.5, 0.6) is 0 Å². The van der Waals surface area contributed by atoms with Crippen LogP contribution in [0, 0.1) is 0 Å². The zero-order valence-corrected chi connectivity index (χ0v) is 16.4. The molecular weight excluding hydrogens is 386 g/mol. The normalized spacial score (nSPS) is 14.8. The molecule has 160 valence electrons. The molecule has 0 bridgehead atoms. The van der Waals surface area contributed by atoms with Crippen molar-refractivity contribution < 1.29 is 33.5 Å². The van der Waals surface area contributed by atoms with Crippen LogP contribution >= 0.6 is 0 Å². The summed E-state index contributed by atoms with van der Waals surface area (Å²) in [6.07, 6.45) is 1.46. The molecule has 0 spiro atoms. The summed E-state index contributed by atoms with van der Waals surface area (Å²) in [6.45, 7) is 2.83. The van der Waals surface area contributed by atoms with Crippen LogP contribution < -0.4 is 21.3 Å². The summed E-state index contributed by atoms with van der Waals surface area (Å²) in [4.78, 5) is 70.5. The van der Waals surface area contributed by atoms with Crippen LogP contribution in [0.4, 0.5) is 4.79 Å². The van der Waals surface area contributed by atoms with E-state index in [9.17, 15) is 28.8 Å². The van der Waals surface area contributed by atoms with E-state index >= 15 is 0 Å². The molecule has 1 heterocycles. The number of ether oxygens (including phenoxy) is 1. The monoisotopic (exact) mass is 411 g/mol. The van der Waals surface area contributed by atoms with E-state index in [1.54, 1.807) is 0 Å². The van der Waals surface area contributed by atoms with Crippen LogP contribution in [0.25, 0.3) is 0 Å². The van der Waals surface area contributed by atoms with Crippen LogP contribution in [0.3, 0.4) is 0 Å². The highest BCUT2D eigenvalue weighted by atomic mass is 16.5. The Balaban J connectivity index is 2.30. The molecular formula is C17H25N5O7. The Bertz CT molecular complexity index is 688. The number of amides is 6. The van der Waals surface area contributed by atoms with Crippen molar-refractivity contribution in [2.45, 2.75) is 32.4 Å². The van der Waals surface area contributed by atoms with Crippen LogP contribution in [0.15, 0.2) is 12.2 Å². The molecule has 0 fully saturated rings. The summed E-state index contributed by atoms with van der Waals surface area (Å²) in [6, 6.07) is -1.81. The van der Waals surface area contributed by atoms with Gasteiger partial charge in [-0.3, -0.25) is 28.9 Å². The first-order valence-corrected chi connectivity index (χ1v) is 8.91. The minimum absolute atomic E-state index is 0.0317. The second kappa shape index (κ2) is 11.4. The molecule has 0 saturated heterocycles. The highest BCUT2D eigenvalue weighted by molar-refractivity contribution is 6.13. The molecule has 12 nitrogen and oxygen atoms in total. The number of alkyl carbamates (subject to hydrolysis) is 1. The lowest BCUT2D eigenvalue weighted by Crippen LogP contribution is -2.52. The van der Waals surface area contributed by atoms with Gasteiger partial charge in [-0.2, -0.15) is 0 Å². The van der Waals surface area contributed by atoms with Gasteiger partial charge in [-0.15, -0.1) is 0 Å². The molecule has 0 aliphatic carbocycles. The number of carbonyl (C=O) groups excluding carboxylic acids is 6. The largest absolute Gasteiger partial charge is 0.448 e. The first-order chi connectivity index (χ1) is 13.6. The molecule has 0 aromatic heterocycles. The van der Waals surface area contributed by atoms with E-state index in [1.807, 2.05) is 0 Å². The van der Waals surface area contributed by atoms with E-state index in [-0.39, 0.29) is 26.1 Å². The first-order valence-electron chi connectivity index (χ1n) is 8.91. The van der Waals surface area contributed by atoms with Crippen molar-refractivity contribution in [3.05, 3.63) is 12.2 Å². The minimum atomic E-state index is -0.933. The van der Waals surface area contributed by atoms with Crippen molar-refractivity contribution in [3.8, 4) is 0 Å². The molecule has 0 unspecified atom stereocenters. The summed E-state index contributed by atoms with van der Waals surface area (Å²) in [5.74, 6) is -2.58. The predicted molar refractivity (Wildman–Crippen MR) is 99.1 cm³/mol. The molecule has 29 heavy (non-hydrogen) atoms. The lowest BCUT2D eigenvalue weighted by molar-refractivity contribution is -0.137. The summed E-state index contributed by atoms with van der Waals surface area (Å²) in [5.41, 5.74) is 0. The minimum Gasteiger partial charge on any atom is -0.448 e. The molecule has 1 rings (SSSR count). The van der Waals surface area contributed by atoms with E-state index < -0.39 is 47.7 Å². The third-order valence-corrected chi connectivity index (χ3v) is 3.82. The molecule has 6 amide bonds. The topological polar surface area (TPSA) is 163 Å². The Hall–Kier alpha value is -3.44. The SMILES string of the molecule is CNC(=O)OCCNC(=O)[C@H](C)NC(=O)[C@H](C)NC(=O)CCN1C(=O)C=CC1=O. The summed E-state index contributed by atoms with van der Waals surface area (Å²) in [5, 5.41) is 9.61. The number of nitrogens with zero attached hydrogens (tertiary/aromatic N) is 1. The van der Waals surface area contributed by atoms with Gasteiger partial charge in [0.1, 0.15) is 18.7 Å². The van der Waals surface area contributed by atoms with E-state index in [4.69, 9.17) is 4.74 Å². The number of hydrogen-bond donors (Lipinski definition) is 4. The summed E-state index contributed by atoms with van der Waals surface area (Å²) >= 11 is 0. The molecule has 0 aromatic rings. The van der Waals surface area contributed by atoms with Crippen molar-refractivity contribution >= 4 is 35.6 Å². The fourth-order valence-corrected chi connectivity index (χ4v) is 2.19. The number of hydrogen-bond acceptors (Lipinski definition) is 7. The lowest BCUT2D eigenvalue weighted by Gasteiger charge is -2.19. The standard InChI is InChI=1S/C17H25N5O7/c1-10(15(26)19-7-9-29-17(28)18-3)21-16(27)11(2)20-12(23)6-8-22-13(24)4-5-14(22)25/h4-5,10-11H,6-9H2,1-3H3,(H,18,28)(H,19,26)(H,20,23)(H,21,27)/t10-,11-/m0/s1. The summed E-state index contributed by atoms with van der Waals surface area (Å²) < 4.78 is 4.71. The molecule has 0 radical (unpaired) electrons. The Kier molecular flexibility index (Phi) is 9.29. The molecule has 0 saturated carbocycles. The fraction of sp³-hybridized carbons (Fsp3) is 0.529. The Labute approximate surface area is 167 Å². The fourth-order valence-electron chi connectivity index (χ4n) is 2.19. The van der Waals surface area contributed by atoms with Crippen molar-refractivity contribution in [1.29, 1.82) is 0 Å². The third-order valence-electron chi connectivity index (χ3n) is 3.82. The van der Waals surface area contributed by atoms with Gasteiger partial charge in [0.2, 0.25) is 17.7 Å². The predicted octanol–water partition coefficient (Wildman–Crippen LogP) is -2.22. The zero-order chi connectivity index (χ0) is 22.0. The van der Waals surface area contributed by atoms with E-state index in [0.717, 1.165) is 17.1 Å². The van der Waals surface area contributed by atoms with Crippen molar-refractivity contribution in [2.24, 2.45) is 0 Å². The maximum atomic E-state index is 12.1. The number of nitrogens with one attached hydrogen (secondary N) is 4. The van der Waals surface area contributed by atoms with Crippen LogP contribution in [0.2, 0.25) is 0 Å². The van der Waals surface area contributed by atoms with Crippen molar-refractivity contribution in [1.82, 2.24) is 26.2 Å². The van der Waals surface area contributed by atoms with Gasteiger partial charge in [0, 0.05) is 32.2 Å². The van der Waals surface area contributed by atoms with Gasteiger partial charge in [-0.1, -0.05) is 0 Å². The number of imide groups is 1. The first kappa shape index (κ1) is 23.6. The van der Waals surface area contributed by atoms with Crippen molar-refractivity contribution in [2.75, 3.05) is 26.7 Å². The van der Waals surface area contributed by atoms with Crippen LogP contribution in [-0.2, 0) is 28.7 Å². The highest BCUT2D eigenvalue weighted by Gasteiger charge is 2.25.